The van der Waals surface area contributed by atoms with Crippen LogP contribution in [-0.2, 0) is 11.8 Å². The number of nitrogens with one attached hydrogen (secondary N) is 1. The van der Waals surface area contributed by atoms with Crippen LogP contribution in [0.4, 0.5) is 5.82 Å². The van der Waals surface area contributed by atoms with E-state index in [-0.39, 0.29) is 18.2 Å². The van der Waals surface area contributed by atoms with E-state index < -0.39 is 5.91 Å². The highest BCUT2D eigenvalue weighted by Gasteiger charge is 2.40. The summed E-state index contributed by atoms with van der Waals surface area (Å²) in [6.07, 6.45) is 0.879. The minimum atomic E-state index is -0.492. The first kappa shape index (κ1) is 13.8. The number of primary amides is 1. The Balaban J connectivity index is 2.21. The molecule has 1 saturated carbocycles. The number of hydrogen-bond acceptors (Lipinski definition) is 5. The molecule has 7 nitrogen and oxygen atoms in total. The average molecular weight is 267 g/mol. The van der Waals surface area contributed by atoms with Crippen molar-refractivity contribution in [3.05, 3.63) is 11.3 Å². The maximum atomic E-state index is 11.5. The molecule has 5 N–H and O–H groups in total. The van der Waals surface area contributed by atoms with E-state index in [1.807, 2.05) is 6.92 Å². The van der Waals surface area contributed by atoms with Gasteiger partial charge in [0.05, 0.1) is 17.8 Å². The molecule has 0 aliphatic heterocycles. The standard InChI is InChI=1S/C12H21N5O2/c1-4-19-8-5-7(13)10(8)15-12-9(11(14)18)6(2)16-17(12)3/h7-8,10,15H,4-5,13H2,1-3H3,(H2,14,18). The molecule has 1 fully saturated rings. The van der Waals surface area contributed by atoms with Crippen LogP contribution in [0.25, 0.3) is 0 Å². The van der Waals surface area contributed by atoms with Crippen molar-refractivity contribution < 1.29 is 9.53 Å². The van der Waals surface area contributed by atoms with Gasteiger partial charge in [0.25, 0.3) is 5.91 Å². The third-order valence-corrected chi connectivity index (χ3v) is 3.52. The zero-order valence-corrected chi connectivity index (χ0v) is 11.5. The number of amides is 1. The number of nitrogens with zero attached hydrogens (tertiary/aromatic N) is 2. The largest absolute Gasteiger partial charge is 0.376 e. The van der Waals surface area contributed by atoms with Crippen LogP contribution in [0.1, 0.15) is 29.4 Å². The SMILES string of the molecule is CCOC1CC(N)C1Nc1c(C(N)=O)c(C)nn1C. The van der Waals surface area contributed by atoms with Crippen LogP contribution in [0.5, 0.6) is 0 Å². The second-order valence-electron chi connectivity index (χ2n) is 4.86. The van der Waals surface area contributed by atoms with E-state index in [9.17, 15) is 4.79 Å². The first-order valence-corrected chi connectivity index (χ1v) is 6.42. The van der Waals surface area contributed by atoms with Gasteiger partial charge in [-0.2, -0.15) is 5.10 Å². The summed E-state index contributed by atoms with van der Waals surface area (Å²) in [5.74, 6) is 0.115. The molecular weight excluding hydrogens is 246 g/mol. The number of rotatable bonds is 5. The van der Waals surface area contributed by atoms with Crippen LogP contribution < -0.4 is 16.8 Å². The number of anilines is 1. The lowest BCUT2D eigenvalue weighted by molar-refractivity contribution is -0.0128. The third-order valence-electron chi connectivity index (χ3n) is 3.52. The van der Waals surface area contributed by atoms with Crippen molar-refractivity contribution in [2.75, 3.05) is 11.9 Å². The molecule has 3 atom stereocenters. The normalized spacial score (nSPS) is 26.0. The first-order valence-electron chi connectivity index (χ1n) is 6.42. The fourth-order valence-corrected chi connectivity index (χ4v) is 2.50. The molecule has 2 rings (SSSR count). The fraction of sp³-hybridized carbons (Fsp3) is 0.667. The molecule has 19 heavy (non-hydrogen) atoms. The van der Waals surface area contributed by atoms with Crippen LogP contribution >= 0.6 is 0 Å². The van der Waals surface area contributed by atoms with E-state index in [2.05, 4.69) is 10.4 Å². The second kappa shape index (κ2) is 5.18. The Morgan fingerprint density at radius 2 is 2.32 bits per heavy atom. The molecule has 0 aromatic carbocycles. The predicted octanol–water partition coefficient (Wildman–Crippen LogP) is -0.256. The van der Waals surface area contributed by atoms with Gasteiger partial charge in [-0.1, -0.05) is 0 Å². The van der Waals surface area contributed by atoms with Gasteiger partial charge < -0.3 is 21.5 Å². The molecule has 1 aliphatic rings. The minimum absolute atomic E-state index is 0.00693. The molecule has 0 saturated heterocycles. The number of ether oxygens (including phenoxy) is 1. The molecule has 1 amide bonds. The molecule has 1 aromatic heterocycles. The Morgan fingerprint density at radius 3 is 2.84 bits per heavy atom. The van der Waals surface area contributed by atoms with Gasteiger partial charge in [-0.05, 0) is 20.3 Å². The fourth-order valence-electron chi connectivity index (χ4n) is 2.50. The van der Waals surface area contributed by atoms with Crippen LogP contribution in [0.15, 0.2) is 0 Å². The summed E-state index contributed by atoms with van der Waals surface area (Å²) in [5, 5.41) is 7.46. The monoisotopic (exact) mass is 267 g/mol. The summed E-state index contributed by atoms with van der Waals surface area (Å²) < 4.78 is 7.21. The summed E-state index contributed by atoms with van der Waals surface area (Å²) in [4.78, 5) is 11.5. The lowest BCUT2D eigenvalue weighted by Crippen LogP contribution is -2.61. The first-order chi connectivity index (χ1) is 8.95. The zero-order valence-electron chi connectivity index (χ0n) is 11.5. The Hall–Kier alpha value is -1.60. The third kappa shape index (κ3) is 2.43. The van der Waals surface area contributed by atoms with Gasteiger partial charge >= 0.3 is 0 Å². The summed E-state index contributed by atoms with van der Waals surface area (Å²) in [5.41, 5.74) is 12.4. The van der Waals surface area contributed by atoms with Crippen molar-refractivity contribution in [3.8, 4) is 0 Å². The molecule has 0 bridgehead atoms. The molecule has 3 unspecified atom stereocenters. The molecule has 1 heterocycles. The molecule has 0 spiro atoms. The van der Waals surface area contributed by atoms with Crippen molar-refractivity contribution in [2.24, 2.45) is 18.5 Å². The van der Waals surface area contributed by atoms with Gasteiger partial charge in [0.1, 0.15) is 11.4 Å². The lowest BCUT2D eigenvalue weighted by atomic mass is 9.83. The molecule has 0 radical (unpaired) electrons. The lowest BCUT2D eigenvalue weighted by Gasteiger charge is -2.42. The van der Waals surface area contributed by atoms with Gasteiger partial charge in [-0.25, -0.2) is 0 Å². The highest BCUT2D eigenvalue weighted by Crippen LogP contribution is 2.28. The van der Waals surface area contributed by atoms with Crippen LogP contribution in [0, 0.1) is 6.92 Å². The number of hydrogen-bond donors (Lipinski definition) is 3. The highest BCUT2D eigenvalue weighted by atomic mass is 16.5. The number of aryl methyl sites for hydroxylation is 2. The van der Waals surface area contributed by atoms with Crippen LogP contribution in [0.3, 0.4) is 0 Å². The van der Waals surface area contributed by atoms with Crippen molar-refractivity contribution in [1.82, 2.24) is 9.78 Å². The quantitative estimate of drug-likeness (QED) is 0.681. The summed E-state index contributed by atoms with van der Waals surface area (Å²) >= 11 is 0. The number of nitrogens with two attached hydrogens (primary N) is 2. The molecule has 1 aliphatic carbocycles. The Bertz CT molecular complexity index is 483. The molecule has 1 aromatic rings. The van der Waals surface area contributed by atoms with E-state index in [0.29, 0.717) is 23.7 Å². The van der Waals surface area contributed by atoms with Gasteiger partial charge in [-0.3, -0.25) is 9.48 Å². The van der Waals surface area contributed by atoms with Gasteiger partial charge in [0.15, 0.2) is 0 Å². The maximum absolute atomic E-state index is 11.5. The molecule has 7 heteroatoms. The summed E-state index contributed by atoms with van der Waals surface area (Å²) in [7, 11) is 1.77. The van der Waals surface area contributed by atoms with Crippen LogP contribution in [-0.4, -0.2) is 40.5 Å². The van der Waals surface area contributed by atoms with Crippen LogP contribution in [0.2, 0.25) is 0 Å². The van der Waals surface area contributed by atoms with Gasteiger partial charge in [0.2, 0.25) is 0 Å². The average Bonchev–Trinajstić information content (AvgIpc) is 2.60. The van der Waals surface area contributed by atoms with Crippen molar-refractivity contribution in [3.63, 3.8) is 0 Å². The van der Waals surface area contributed by atoms with Gasteiger partial charge in [-0.15, -0.1) is 0 Å². The maximum Gasteiger partial charge on any atom is 0.254 e. The predicted molar refractivity (Wildman–Crippen MR) is 71.9 cm³/mol. The summed E-state index contributed by atoms with van der Waals surface area (Å²) in [6.45, 7) is 4.35. The van der Waals surface area contributed by atoms with E-state index in [0.717, 1.165) is 6.42 Å². The van der Waals surface area contributed by atoms with E-state index in [1.165, 1.54) is 0 Å². The van der Waals surface area contributed by atoms with Crippen molar-refractivity contribution >= 4 is 11.7 Å². The Labute approximate surface area is 112 Å². The van der Waals surface area contributed by atoms with Gasteiger partial charge in [0, 0.05) is 19.7 Å². The smallest absolute Gasteiger partial charge is 0.254 e. The topological polar surface area (TPSA) is 108 Å². The Kier molecular flexibility index (Phi) is 3.77. The number of carbonyl (C=O) groups is 1. The van der Waals surface area contributed by atoms with E-state index in [4.69, 9.17) is 16.2 Å². The van der Waals surface area contributed by atoms with E-state index >= 15 is 0 Å². The summed E-state index contributed by atoms with van der Waals surface area (Å²) in [6, 6.07) is -0.0136. The molecule has 106 valence electrons. The molecular formula is C12H21N5O2. The zero-order chi connectivity index (χ0) is 14.2. The minimum Gasteiger partial charge on any atom is -0.376 e. The second-order valence-corrected chi connectivity index (χ2v) is 4.86. The van der Waals surface area contributed by atoms with Crippen molar-refractivity contribution in [1.29, 1.82) is 0 Å². The number of carbonyl (C=O) groups excluding carboxylic acids is 1. The van der Waals surface area contributed by atoms with Crippen molar-refractivity contribution in [2.45, 2.75) is 38.5 Å². The highest BCUT2D eigenvalue weighted by molar-refractivity contribution is 5.99. The van der Waals surface area contributed by atoms with E-state index in [1.54, 1.807) is 18.7 Å². The Morgan fingerprint density at radius 1 is 1.63 bits per heavy atom. The number of aromatic nitrogens is 2.